The number of aromatic nitrogens is 4. The minimum atomic E-state index is -0.0657. The second kappa shape index (κ2) is 7.86. The Bertz CT molecular complexity index is 911. The number of benzene rings is 1. The molecule has 2 heterocycles. The fourth-order valence-electron chi connectivity index (χ4n) is 3.10. The van der Waals surface area contributed by atoms with E-state index in [1.807, 2.05) is 55.7 Å². The number of carbonyl (C=O) groups is 1. The number of halogens is 1. The van der Waals surface area contributed by atoms with Crippen LogP contribution in [0, 0.1) is 13.8 Å². The van der Waals surface area contributed by atoms with Gasteiger partial charge in [0.05, 0.1) is 5.56 Å². The van der Waals surface area contributed by atoms with E-state index in [1.165, 1.54) is 0 Å². The highest BCUT2D eigenvalue weighted by molar-refractivity contribution is 9.10. The zero-order valence-corrected chi connectivity index (χ0v) is 16.7. The maximum atomic E-state index is 12.6. The highest BCUT2D eigenvalue weighted by atomic mass is 79.9. The molecule has 0 atom stereocenters. The third-order valence-corrected chi connectivity index (χ3v) is 4.96. The van der Waals surface area contributed by atoms with Crippen LogP contribution in [0.25, 0.3) is 5.69 Å². The van der Waals surface area contributed by atoms with E-state index in [0.29, 0.717) is 18.5 Å². The van der Waals surface area contributed by atoms with Gasteiger partial charge in [0.15, 0.2) is 0 Å². The zero-order chi connectivity index (χ0) is 18.7. The molecule has 1 amide bonds. The summed E-state index contributed by atoms with van der Waals surface area (Å²) in [4.78, 5) is 12.6. The average Bonchev–Trinajstić information content (AvgIpc) is 3.20. The standard InChI is InChI=1S/C19H22BrN5O/c1-4-24-12-22-23-18(24)9-10-21-19(26)17-11-13(2)25(14(17)3)16-7-5-15(20)6-8-16/h5-8,11-12H,4,9-10H2,1-3H3,(H,21,26). The number of aryl methyl sites for hydroxylation is 2. The van der Waals surface area contributed by atoms with Crippen LogP contribution in [0.4, 0.5) is 0 Å². The molecule has 3 rings (SSSR count). The molecule has 0 unspecified atom stereocenters. The lowest BCUT2D eigenvalue weighted by atomic mass is 10.2. The van der Waals surface area contributed by atoms with Crippen LogP contribution in [-0.4, -0.2) is 31.8 Å². The van der Waals surface area contributed by atoms with Gasteiger partial charge in [-0.05, 0) is 51.1 Å². The summed E-state index contributed by atoms with van der Waals surface area (Å²) in [5.74, 6) is 0.817. The smallest absolute Gasteiger partial charge is 0.253 e. The Morgan fingerprint density at radius 2 is 1.96 bits per heavy atom. The number of nitrogens with zero attached hydrogens (tertiary/aromatic N) is 4. The first-order chi connectivity index (χ1) is 12.5. The zero-order valence-electron chi connectivity index (χ0n) is 15.2. The van der Waals surface area contributed by atoms with Crippen LogP contribution in [0.3, 0.4) is 0 Å². The number of hydrogen-bond acceptors (Lipinski definition) is 3. The second-order valence-corrected chi connectivity index (χ2v) is 7.05. The third kappa shape index (κ3) is 3.72. The van der Waals surface area contributed by atoms with Crippen LogP contribution in [0.1, 0.15) is 34.5 Å². The summed E-state index contributed by atoms with van der Waals surface area (Å²) < 4.78 is 5.10. The first-order valence-corrected chi connectivity index (χ1v) is 9.40. The van der Waals surface area contributed by atoms with Gasteiger partial charge in [0.2, 0.25) is 0 Å². The van der Waals surface area contributed by atoms with Gasteiger partial charge in [-0.3, -0.25) is 4.79 Å². The molecular formula is C19H22BrN5O. The molecule has 2 aromatic heterocycles. The molecule has 0 aliphatic rings. The van der Waals surface area contributed by atoms with Crippen molar-refractivity contribution in [1.82, 2.24) is 24.6 Å². The van der Waals surface area contributed by atoms with Crippen LogP contribution >= 0.6 is 15.9 Å². The first kappa shape index (κ1) is 18.4. The molecule has 0 bridgehead atoms. The van der Waals surface area contributed by atoms with E-state index in [-0.39, 0.29) is 5.91 Å². The van der Waals surface area contributed by atoms with Gasteiger partial charge in [0, 0.05) is 41.1 Å². The van der Waals surface area contributed by atoms with Crippen molar-refractivity contribution in [2.45, 2.75) is 33.7 Å². The maximum absolute atomic E-state index is 12.6. The number of carbonyl (C=O) groups excluding carboxylic acids is 1. The van der Waals surface area contributed by atoms with Crippen molar-refractivity contribution < 1.29 is 4.79 Å². The van der Waals surface area contributed by atoms with Crippen molar-refractivity contribution in [3.63, 3.8) is 0 Å². The predicted molar refractivity (Wildman–Crippen MR) is 105 cm³/mol. The molecule has 26 heavy (non-hydrogen) atoms. The van der Waals surface area contributed by atoms with Crippen molar-refractivity contribution >= 4 is 21.8 Å². The number of amides is 1. The molecular weight excluding hydrogens is 394 g/mol. The highest BCUT2D eigenvalue weighted by Gasteiger charge is 2.16. The van der Waals surface area contributed by atoms with Crippen molar-refractivity contribution in [2.75, 3.05) is 6.54 Å². The topological polar surface area (TPSA) is 64.7 Å². The summed E-state index contributed by atoms with van der Waals surface area (Å²) in [5, 5.41) is 11.0. The Labute approximate surface area is 161 Å². The van der Waals surface area contributed by atoms with Crippen LogP contribution < -0.4 is 5.32 Å². The lowest BCUT2D eigenvalue weighted by Gasteiger charge is -2.10. The molecule has 0 saturated heterocycles. The Morgan fingerprint density at radius 3 is 2.65 bits per heavy atom. The number of rotatable bonds is 6. The SMILES string of the molecule is CCn1cnnc1CCNC(=O)c1cc(C)n(-c2ccc(Br)cc2)c1C. The molecule has 1 N–H and O–H groups in total. The van der Waals surface area contributed by atoms with Gasteiger partial charge in [-0.2, -0.15) is 0 Å². The van der Waals surface area contributed by atoms with Crippen molar-refractivity contribution in [2.24, 2.45) is 0 Å². The Balaban J connectivity index is 1.72. The summed E-state index contributed by atoms with van der Waals surface area (Å²) in [7, 11) is 0. The molecule has 0 fully saturated rings. The fraction of sp³-hybridized carbons (Fsp3) is 0.316. The molecule has 7 heteroatoms. The third-order valence-electron chi connectivity index (χ3n) is 4.43. The Hall–Kier alpha value is -2.41. The Morgan fingerprint density at radius 1 is 1.23 bits per heavy atom. The van der Waals surface area contributed by atoms with E-state index in [2.05, 4.69) is 36.0 Å². The average molecular weight is 416 g/mol. The molecule has 0 spiro atoms. The minimum absolute atomic E-state index is 0.0657. The Kier molecular flexibility index (Phi) is 5.56. The number of hydrogen-bond donors (Lipinski definition) is 1. The fourth-order valence-corrected chi connectivity index (χ4v) is 3.36. The summed E-state index contributed by atoms with van der Waals surface area (Å²) in [6, 6.07) is 9.99. The molecule has 0 aliphatic carbocycles. The van der Waals surface area contributed by atoms with Gasteiger partial charge < -0.3 is 14.5 Å². The molecule has 6 nitrogen and oxygen atoms in total. The van der Waals surface area contributed by atoms with Gasteiger partial charge in [-0.1, -0.05) is 15.9 Å². The predicted octanol–water partition coefficient (Wildman–Crippen LogP) is 3.44. The van der Waals surface area contributed by atoms with Crippen molar-refractivity contribution in [3.8, 4) is 5.69 Å². The largest absolute Gasteiger partial charge is 0.352 e. The van der Waals surface area contributed by atoms with Crippen LogP contribution in [-0.2, 0) is 13.0 Å². The lowest BCUT2D eigenvalue weighted by molar-refractivity contribution is 0.0953. The minimum Gasteiger partial charge on any atom is -0.352 e. The summed E-state index contributed by atoms with van der Waals surface area (Å²) >= 11 is 3.45. The molecule has 1 aromatic carbocycles. The molecule has 0 saturated carbocycles. The number of nitrogens with one attached hydrogen (secondary N) is 1. The normalized spacial score (nSPS) is 10.9. The van der Waals surface area contributed by atoms with Gasteiger partial charge in [-0.25, -0.2) is 0 Å². The first-order valence-electron chi connectivity index (χ1n) is 8.61. The van der Waals surface area contributed by atoms with Gasteiger partial charge >= 0.3 is 0 Å². The van der Waals surface area contributed by atoms with E-state index in [0.717, 1.165) is 33.9 Å². The molecule has 136 valence electrons. The molecule has 3 aromatic rings. The van der Waals surface area contributed by atoms with Crippen molar-refractivity contribution in [1.29, 1.82) is 0 Å². The van der Waals surface area contributed by atoms with Crippen LogP contribution in [0.15, 0.2) is 41.1 Å². The van der Waals surface area contributed by atoms with Gasteiger partial charge in [0.25, 0.3) is 5.91 Å². The van der Waals surface area contributed by atoms with E-state index >= 15 is 0 Å². The van der Waals surface area contributed by atoms with E-state index in [4.69, 9.17) is 0 Å². The monoisotopic (exact) mass is 415 g/mol. The lowest BCUT2D eigenvalue weighted by Crippen LogP contribution is -2.26. The maximum Gasteiger partial charge on any atom is 0.253 e. The van der Waals surface area contributed by atoms with Crippen molar-refractivity contribution in [3.05, 3.63) is 63.9 Å². The summed E-state index contributed by atoms with van der Waals surface area (Å²) in [6.07, 6.45) is 2.37. The van der Waals surface area contributed by atoms with Gasteiger partial charge in [-0.15, -0.1) is 10.2 Å². The second-order valence-electron chi connectivity index (χ2n) is 6.14. The van der Waals surface area contributed by atoms with E-state index in [1.54, 1.807) is 6.33 Å². The van der Waals surface area contributed by atoms with Crippen LogP contribution in [0.2, 0.25) is 0 Å². The van der Waals surface area contributed by atoms with Gasteiger partial charge in [0.1, 0.15) is 12.2 Å². The molecule has 0 aliphatic heterocycles. The summed E-state index contributed by atoms with van der Waals surface area (Å²) in [5.41, 5.74) is 3.69. The van der Waals surface area contributed by atoms with E-state index < -0.39 is 0 Å². The highest BCUT2D eigenvalue weighted by Crippen LogP contribution is 2.22. The summed E-state index contributed by atoms with van der Waals surface area (Å²) in [6.45, 7) is 7.37. The van der Waals surface area contributed by atoms with E-state index in [9.17, 15) is 4.79 Å². The van der Waals surface area contributed by atoms with Crippen LogP contribution in [0.5, 0.6) is 0 Å². The quantitative estimate of drug-likeness (QED) is 0.670. The molecule has 0 radical (unpaired) electrons.